The van der Waals surface area contributed by atoms with Crippen LogP contribution in [-0.2, 0) is 14.3 Å². The van der Waals surface area contributed by atoms with Gasteiger partial charge < -0.3 is 15.8 Å². The van der Waals surface area contributed by atoms with Gasteiger partial charge in [0.25, 0.3) is 5.91 Å². The molecule has 0 unspecified atom stereocenters. The van der Waals surface area contributed by atoms with E-state index in [0.29, 0.717) is 16.8 Å². The zero-order chi connectivity index (χ0) is 19.9. The number of ether oxygens (including phenoxy) is 1. The second kappa shape index (κ2) is 9.12. The van der Waals surface area contributed by atoms with Crippen molar-refractivity contribution in [1.29, 1.82) is 0 Å². The first-order valence-corrected chi connectivity index (χ1v) is 9.95. The third-order valence-electron chi connectivity index (χ3n) is 3.62. The van der Waals surface area contributed by atoms with Gasteiger partial charge in [-0.2, -0.15) is 0 Å². The number of carbonyl (C=O) groups is 3. The molecule has 0 bridgehead atoms. The van der Waals surface area contributed by atoms with Crippen molar-refractivity contribution >= 4 is 57.8 Å². The maximum atomic E-state index is 12.5. The molecule has 0 aliphatic carbocycles. The van der Waals surface area contributed by atoms with E-state index in [4.69, 9.17) is 10.5 Å². The lowest BCUT2D eigenvalue weighted by molar-refractivity contribution is -0.141. The van der Waals surface area contributed by atoms with Gasteiger partial charge in [-0.3, -0.25) is 9.59 Å². The molecule has 1 aromatic carbocycles. The van der Waals surface area contributed by atoms with Gasteiger partial charge in [-0.25, -0.2) is 4.79 Å². The average molecular weight is 412 g/mol. The second-order valence-electron chi connectivity index (χ2n) is 5.62. The Balaban J connectivity index is 1.62. The molecule has 0 atom stereocenters. The molecular formula is C20H16N2O4S2. The third-order valence-corrected chi connectivity index (χ3v) is 5.35. The van der Waals surface area contributed by atoms with E-state index in [0.717, 1.165) is 9.75 Å². The average Bonchev–Trinajstić information content (AvgIpc) is 3.38. The van der Waals surface area contributed by atoms with Crippen molar-refractivity contribution in [3.05, 3.63) is 74.6 Å². The van der Waals surface area contributed by atoms with Gasteiger partial charge in [0, 0.05) is 21.0 Å². The number of benzene rings is 1. The minimum Gasteiger partial charge on any atom is -0.452 e. The summed E-state index contributed by atoms with van der Waals surface area (Å²) >= 11 is 2.92. The van der Waals surface area contributed by atoms with Gasteiger partial charge in [0.05, 0.1) is 5.57 Å². The Morgan fingerprint density at radius 2 is 1.71 bits per heavy atom. The van der Waals surface area contributed by atoms with E-state index in [-0.39, 0.29) is 0 Å². The highest BCUT2D eigenvalue weighted by molar-refractivity contribution is 7.12. The topological polar surface area (TPSA) is 98.5 Å². The van der Waals surface area contributed by atoms with Gasteiger partial charge in [0.2, 0.25) is 5.91 Å². The van der Waals surface area contributed by atoms with Crippen molar-refractivity contribution in [3.63, 3.8) is 0 Å². The van der Waals surface area contributed by atoms with Crippen molar-refractivity contribution in [2.75, 3.05) is 11.9 Å². The van der Waals surface area contributed by atoms with Crippen LogP contribution >= 0.6 is 22.7 Å². The number of nitrogens with two attached hydrogens (primary N) is 1. The predicted octanol–water partition coefficient (Wildman–Crippen LogP) is 3.63. The summed E-state index contributed by atoms with van der Waals surface area (Å²) in [6.45, 7) is -0.427. The molecule has 0 spiro atoms. The fraction of sp³-hybridized carbons (Fsp3) is 0.0500. The Morgan fingerprint density at radius 3 is 2.32 bits per heavy atom. The van der Waals surface area contributed by atoms with Gasteiger partial charge in [0.1, 0.15) is 0 Å². The lowest BCUT2D eigenvalue weighted by Gasteiger charge is -2.08. The largest absolute Gasteiger partial charge is 0.452 e. The van der Waals surface area contributed by atoms with Crippen molar-refractivity contribution in [2.45, 2.75) is 0 Å². The molecule has 0 saturated heterocycles. The number of thiophene rings is 2. The number of esters is 1. The van der Waals surface area contributed by atoms with E-state index in [1.54, 1.807) is 18.2 Å². The Kier molecular flexibility index (Phi) is 6.36. The van der Waals surface area contributed by atoms with Crippen molar-refractivity contribution in [1.82, 2.24) is 0 Å². The number of amides is 2. The van der Waals surface area contributed by atoms with Crippen LogP contribution in [0.2, 0.25) is 0 Å². The van der Waals surface area contributed by atoms with Crippen molar-refractivity contribution < 1.29 is 19.1 Å². The summed E-state index contributed by atoms with van der Waals surface area (Å²) < 4.78 is 5.19. The SMILES string of the molecule is NC(=O)c1ccc(NC(=O)COC(=O)/C(=C/c2cccs2)c2cccs2)cc1. The quantitative estimate of drug-likeness (QED) is 0.457. The molecule has 3 aromatic rings. The lowest BCUT2D eigenvalue weighted by Crippen LogP contribution is -2.21. The van der Waals surface area contributed by atoms with Crippen molar-refractivity contribution in [3.8, 4) is 0 Å². The Labute approximate surface area is 169 Å². The first kappa shape index (κ1) is 19.5. The van der Waals surface area contributed by atoms with Gasteiger partial charge in [0.15, 0.2) is 6.61 Å². The number of rotatable bonds is 7. The Hall–Kier alpha value is -3.23. The second-order valence-corrected chi connectivity index (χ2v) is 7.54. The molecule has 0 aliphatic rings. The predicted molar refractivity (Wildman–Crippen MR) is 111 cm³/mol. The molecule has 28 heavy (non-hydrogen) atoms. The van der Waals surface area contributed by atoms with Crippen molar-refractivity contribution in [2.24, 2.45) is 5.73 Å². The number of nitrogens with one attached hydrogen (secondary N) is 1. The highest BCUT2D eigenvalue weighted by Crippen LogP contribution is 2.25. The van der Waals surface area contributed by atoms with E-state index in [9.17, 15) is 14.4 Å². The van der Waals surface area contributed by atoms with Crippen LogP contribution in [0.5, 0.6) is 0 Å². The molecule has 2 amide bonds. The number of hydrogen-bond donors (Lipinski definition) is 2. The van der Waals surface area contributed by atoms with Gasteiger partial charge in [-0.1, -0.05) is 12.1 Å². The molecule has 3 N–H and O–H groups in total. The van der Waals surface area contributed by atoms with Crippen LogP contribution in [0.1, 0.15) is 20.1 Å². The molecule has 2 heterocycles. The van der Waals surface area contributed by atoms with E-state index < -0.39 is 24.4 Å². The first-order chi connectivity index (χ1) is 13.5. The van der Waals surface area contributed by atoms with Gasteiger partial charge >= 0.3 is 5.97 Å². The van der Waals surface area contributed by atoms with Crippen LogP contribution in [0.4, 0.5) is 5.69 Å². The molecule has 0 aliphatic heterocycles. The summed E-state index contributed by atoms with van der Waals surface area (Å²) in [7, 11) is 0. The summed E-state index contributed by atoms with van der Waals surface area (Å²) in [5.41, 5.74) is 6.38. The monoisotopic (exact) mass is 412 g/mol. The molecule has 142 valence electrons. The summed E-state index contributed by atoms with van der Waals surface area (Å²) in [6, 6.07) is 13.6. The van der Waals surface area contributed by atoms with Crippen LogP contribution in [-0.4, -0.2) is 24.4 Å². The standard InChI is InChI=1S/C20H16N2O4S2/c21-19(24)13-5-7-14(8-6-13)22-18(23)12-26-20(25)16(17-4-2-10-28-17)11-15-3-1-9-27-15/h1-11H,12H2,(H2,21,24)(H,22,23)/b16-11+. The molecular weight excluding hydrogens is 396 g/mol. The zero-order valence-electron chi connectivity index (χ0n) is 14.6. The summed E-state index contributed by atoms with van der Waals surface area (Å²) in [5.74, 6) is -1.61. The van der Waals surface area contributed by atoms with Crippen LogP contribution in [0.25, 0.3) is 11.6 Å². The Morgan fingerprint density at radius 1 is 1.00 bits per heavy atom. The van der Waals surface area contributed by atoms with E-state index in [1.165, 1.54) is 34.8 Å². The van der Waals surface area contributed by atoms with Gasteiger partial charge in [-0.15, -0.1) is 22.7 Å². The minimum atomic E-state index is -0.574. The number of anilines is 1. The third kappa shape index (κ3) is 5.15. The van der Waals surface area contributed by atoms with Crippen LogP contribution in [0.15, 0.2) is 59.3 Å². The van der Waals surface area contributed by atoms with E-state index >= 15 is 0 Å². The maximum absolute atomic E-state index is 12.5. The summed E-state index contributed by atoms with van der Waals surface area (Å²) in [4.78, 5) is 37.3. The highest BCUT2D eigenvalue weighted by atomic mass is 32.1. The lowest BCUT2D eigenvalue weighted by atomic mass is 10.2. The molecule has 0 radical (unpaired) electrons. The Bertz CT molecular complexity index is 992. The number of primary amides is 1. The molecule has 2 aromatic heterocycles. The van der Waals surface area contributed by atoms with Gasteiger partial charge in [-0.05, 0) is 53.2 Å². The fourth-order valence-corrected chi connectivity index (χ4v) is 3.69. The molecule has 0 fully saturated rings. The summed E-state index contributed by atoms with van der Waals surface area (Å²) in [6.07, 6.45) is 1.75. The maximum Gasteiger partial charge on any atom is 0.340 e. The summed E-state index contributed by atoms with van der Waals surface area (Å²) in [5, 5.41) is 6.38. The molecule has 0 saturated carbocycles. The van der Waals surface area contributed by atoms with Crippen LogP contribution in [0.3, 0.4) is 0 Å². The molecule has 3 rings (SSSR count). The minimum absolute atomic E-state index is 0.337. The normalized spacial score (nSPS) is 11.1. The zero-order valence-corrected chi connectivity index (χ0v) is 16.2. The number of hydrogen-bond acceptors (Lipinski definition) is 6. The first-order valence-electron chi connectivity index (χ1n) is 8.19. The van der Waals surface area contributed by atoms with Crippen LogP contribution < -0.4 is 11.1 Å². The van der Waals surface area contributed by atoms with E-state index in [1.807, 2.05) is 35.0 Å². The fourth-order valence-electron chi connectivity index (χ4n) is 2.30. The highest BCUT2D eigenvalue weighted by Gasteiger charge is 2.17. The van der Waals surface area contributed by atoms with E-state index in [2.05, 4.69) is 5.32 Å². The molecule has 8 heteroatoms. The molecule has 6 nitrogen and oxygen atoms in total. The number of carbonyl (C=O) groups excluding carboxylic acids is 3. The van der Waals surface area contributed by atoms with Crippen LogP contribution in [0, 0.1) is 0 Å². The smallest absolute Gasteiger partial charge is 0.340 e.